The SMILES string of the molecule is CCS(=O)(=O)N1CCN(C(=O)c2cnn(-c3ccc4c(c3)C(C)(C)[C@@H]3COc5cccc(F)c5[C@@H]3N4)c2C)CC1. The Hall–Kier alpha value is -3.44. The van der Waals surface area contributed by atoms with Gasteiger partial charge in [0.05, 0.1) is 47.1 Å². The number of nitrogens with one attached hydrogen (secondary N) is 1. The molecule has 3 aromatic rings. The summed E-state index contributed by atoms with van der Waals surface area (Å²) >= 11 is 0. The van der Waals surface area contributed by atoms with Gasteiger partial charge in [0.25, 0.3) is 5.91 Å². The van der Waals surface area contributed by atoms with E-state index in [2.05, 4.69) is 30.3 Å². The van der Waals surface area contributed by atoms with E-state index in [0.717, 1.165) is 16.9 Å². The van der Waals surface area contributed by atoms with Crippen LogP contribution in [0, 0.1) is 18.7 Å². The van der Waals surface area contributed by atoms with Crippen molar-refractivity contribution in [1.29, 1.82) is 0 Å². The molecule has 11 heteroatoms. The highest BCUT2D eigenvalue weighted by molar-refractivity contribution is 7.89. The van der Waals surface area contributed by atoms with Crippen LogP contribution in [0.25, 0.3) is 5.69 Å². The van der Waals surface area contributed by atoms with E-state index in [1.807, 2.05) is 25.1 Å². The predicted molar refractivity (Wildman–Crippen MR) is 150 cm³/mol. The molecular formula is C29H34FN5O4S. The Morgan fingerprint density at radius 1 is 1.18 bits per heavy atom. The van der Waals surface area contributed by atoms with Gasteiger partial charge in [-0.1, -0.05) is 19.9 Å². The molecule has 1 saturated heterocycles. The predicted octanol–water partition coefficient (Wildman–Crippen LogP) is 3.88. The minimum atomic E-state index is -3.27. The molecule has 2 aromatic carbocycles. The first-order valence-corrected chi connectivity index (χ1v) is 15.3. The van der Waals surface area contributed by atoms with Crippen LogP contribution in [0.5, 0.6) is 5.75 Å². The first-order valence-electron chi connectivity index (χ1n) is 13.7. The number of fused-ring (bicyclic) bond motifs is 4. The fourth-order valence-electron chi connectivity index (χ4n) is 6.31. The summed E-state index contributed by atoms with van der Waals surface area (Å²) in [6, 6.07) is 10.8. The largest absolute Gasteiger partial charge is 0.493 e. The Bertz CT molecular complexity index is 1590. The maximum absolute atomic E-state index is 14.9. The molecule has 0 unspecified atom stereocenters. The molecule has 1 fully saturated rings. The van der Waals surface area contributed by atoms with Crippen molar-refractivity contribution in [3.8, 4) is 11.4 Å². The third-order valence-electron chi connectivity index (χ3n) is 8.85. The molecule has 40 heavy (non-hydrogen) atoms. The van der Waals surface area contributed by atoms with Crippen LogP contribution < -0.4 is 10.1 Å². The Balaban J connectivity index is 1.27. The first kappa shape index (κ1) is 26.8. The second-order valence-electron chi connectivity index (χ2n) is 11.3. The third kappa shape index (κ3) is 4.17. The molecule has 3 aliphatic rings. The lowest BCUT2D eigenvalue weighted by Crippen LogP contribution is -2.50. The zero-order chi connectivity index (χ0) is 28.4. The summed E-state index contributed by atoms with van der Waals surface area (Å²) < 4.78 is 48.5. The fraction of sp³-hybridized carbons (Fsp3) is 0.448. The average Bonchev–Trinajstić information content (AvgIpc) is 3.33. The summed E-state index contributed by atoms with van der Waals surface area (Å²) in [6.45, 7) is 9.56. The molecule has 0 radical (unpaired) electrons. The number of ether oxygens (including phenoxy) is 1. The van der Waals surface area contributed by atoms with Crippen LogP contribution in [-0.2, 0) is 15.4 Å². The molecule has 3 aliphatic heterocycles. The first-order chi connectivity index (χ1) is 19.0. The van der Waals surface area contributed by atoms with Crippen molar-refractivity contribution in [2.24, 2.45) is 5.92 Å². The lowest BCUT2D eigenvalue weighted by Gasteiger charge is -2.48. The third-order valence-corrected chi connectivity index (χ3v) is 10.7. The van der Waals surface area contributed by atoms with Gasteiger partial charge in [-0.25, -0.2) is 17.5 Å². The summed E-state index contributed by atoms with van der Waals surface area (Å²) in [5.74, 6) is 0.222. The Kier molecular flexibility index (Phi) is 6.42. The summed E-state index contributed by atoms with van der Waals surface area (Å²) in [7, 11) is -3.27. The number of halogens is 1. The molecule has 1 amide bonds. The molecule has 0 aliphatic carbocycles. The molecule has 1 aromatic heterocycles. The Morgan fingerprint density at radius 2 is 1.93 bits per heavy atom. The van der Waals surface area contributed by atoms with Crippen molar-refractivity contribution in [2.75, 3.05) is 43.9 Å². The number of carbonyl (C=O) groups excluding carboxylic acids is 1. The molecule has 4 heterocycles. The fourth-order valence-corrected chi connectivity index (χ4v) is 7.40. The van der Waals surface area contributed by atoms with Crippen LogP contribution in [0.4, 0.5) is 10.1 Å². The molecule has 2 atom stereocenters. The van der Waals surface area contributed by atoms with Crippen LogP contribution in [0.2, 0.25) is 0 Å². The maximum atomic E-state index is 14.9. The smallest absolute Gasteiger partial charge is 0.257 e. The van der Waals surface area contributed by atoms with E-state index in [0.29, 0.717) is 55.4 Å². The summed E-state index contributed by atoms with van der Waals surface area (Å²) in [5.41, 5.74) is 4.28. The van der Waals surface area contributed by atoms with Crippen LogP contribution in [0.3, 0.4) is 0 Å². The zero-order valence-corrected chi connectivity index (χ0v) is 24.0. The lowest BCUT2D eigenvalue weighted by atomic mass is 9.65. The average molecular weight is 568 g/mol. The highest BCUT2D eigenvalue weighted by Gasteiger charge is 2.47. The van der Waals surface area contributed by atoms with Crippen LogP contribution in [0.1, 0.15) is 54.0 Å². The number of carbonyl (C=O) groups is 1. The van der Waals surface area contributed by atoms with Gasteiger partial charge in [0.2, 0.25) is 10.0 Å². The quantitative estimate of drug-likeness (QED) is 0.514. The number of anilines is 1. The number of nitrogens with zero attached hydrogens (tertiary/aromatic N) is 4. The molecule has 212 valence electrons. The van der Waals surface area contributed by atoms with Gasteiger partial charge in [0.15, 0.2) is 0 Å². The van der Waals surface area contributed by atoms with Crippen molar-refractivity contribution >= 4 is 21.6 Å². The second kappa shape index (κ2) is 9.59. The van der Waals surface area contributed by atoms with Crippen molar-refractivity contribution in [3.05, 3.63) is 70.8 Å². The number of hydrogen-bond acceptors (Lipinski definition) is 6. The van der Waals surface area contributed by atoms with E-state index >= 15 is 0 Å². The van der Waals surface area contributed by atoms with Crippen molar-refractivity contribution < 1.29 is 22.3 Å². The molecule has 9 nitrogen and oxygen atoms in total. The molecule has 1 N–H and O–H groups in total. The van der Waals surface area contributed by atoms with Crippen molar-refractivity contribution in [3.63, 3.8) is 0 Å². The minimum absolute atomic E-state index is 0.00527. The number of hydrogen-bond donors (Lipinski definition) is 1. The van der Waals surface area contributed by atoms with E-state index in [4.69, 9.17) is 4.74 Å². The standard InChI is InChI=1S/C29H34FN5O4S/c1-5-40(37,38)34-13-11-33(12-14-34)28(36)20-16-31-35(18(20)2)19-9-10-24-21(15-19)29(3,4)22-17-39-25-8-6-7-23(30)26(25)27(22)32-24/h6-10,15-16,22,27,32H,5,11-14,17H2,1-4H3/t22-,27-/m1/s1. The van der Waals surface area contributed by atoms with Gasteiger partial charge in [-0.15, -0.1) is 0 Å². The molecule has 6 rings (SSSR count). The number of sulfonamides is 1. The van der Waals surface area contributed by atoms with Gasteiger partial charge in [-0.05, 0) is 49.7 Å². The summed E-state index contributed by atoms with van der Waals surface area (Å²) in [5, 5.41) is 8.13. The Morgan fingerprint density at radius 3 is 2.65 bits per heavy atom. The number of benzene rings is 2. The minimum Gasteiger partial charge on any atom is -0.493 e. The van der Waals surface area contributed by atoms with Crippen molar-refractivity contribution in [1.82, 2.24) is 19.0 Å². The lowest BCUT2D eigenvalue weighted by molar-refractivity contribution is 0.0697. The van der Waals surface area contributed by atoms with E-state index in [-0.39, 0.29) is 34.9 Å². The highest BCUT2D eigenvalue weighted by Crippen LogP contribution is 2.52. The molecule has 0 saturated carbocycles. The molecule has 0 spiro atoms. The second-order valence-corrected chi connectivity index (χ2v) is 13.5. The van der Waals surface area contributed by atoms with Gasteiger partial charge in [0.1, 0.15) is 11.6 Å². The number of amides is 1. The van der Waals surface area contributed by atoms with E-state index in [1.165, 1.54) is 10.4 Å². The number of aromatic nitrogens is 2. The Labute approximate surface area is 234 Å². The number of rotatable bonds is 4. The molecule has 0 bridgehead atoms. The summed E-state index contributed by atoms with van der Waals surface area (Å²) in [4.78, 5) is 15.1. The highest BCUT2D eigenvalue weighted by atomic mass is 32.2. The van der Waals surface area contributed by atoms with Gasteiger partial charge in [-0.3, -0.25) is 4.79 Å². The summed E-state index contributed by atoms with van der Waals surface area (Å²) in [6.07, 6.45) is 1.58. The maximum Gasteiger partial charge on any atom is 0.257 e. The van der Waals surface area contributed by atoms with Gasteiger partial charge < -0.3 is 15.0 Å². The van der Waals surface area contributed by atoms with E-state index < -0.39 is 10.0 Å². The monoisotopic (exact) mass is 567 g/mol. The molecular weight excluding hydrogens is 533 g/mol. The zero-order valence-electron chi connectivity index (χ0n) is 23.1. The van der Waals surface area contributed by atoms with Crippen LogP contribution >= 0.6 is 0 Å². The van der Waals surface area contributed by atoms with Gasteiger partial charge in [0, 0.05) is 43.2 Å². The van der Waals surface area contributed by atoms with E-state index in [1.54, 1.807) is 28.8 Å². The number of piperazine rings is 1. The van der Waals surface area contributed by atoms with Crippen molar-refractivity contribution in [2.45, 2.75) is 39.2 Å². The van der Waals surface area contributed by atoms with Crippen LogP contribution in [-0.4, -0.2) is 71.8 Å². The topological polar surface area (TPSA) is 96.8 Å². The van der Waals surface area contributed by atoms with Gasteiger partial charge in [-0.2, -0.15) is 9.40 Å². The van der Waals surface area contributed by atoms with E-state index in [9.17, 15) is 17.6 Å². The normalized spacial score (nSPS) is 22.0. The van der Waals surface area contributed by atoms with Gasteiger partial charge >= 0.3 is 0 Å². The van der Waals surface area contributed by atoms with Crippen LogP contribution in [0.15, 0.2) is 42.6 Å².